The van der Waals surface area contributed by atoms with Crippen molar-refractivity contribution in [2.45, 2.75) is 50.5 Å². The van der Waals surface area contributed by atoms with Gasteiger partial charge in [0.25, 0.3) is 0 Å². The minimum absolute atomic E-state index is 0.0208. The highest BCUT2D eigenvalue weighted by molar-refractivity contribution is 7.89. The SMILES string of the molecule is Cc1ccc(S(=O)(=O)N2CCC[C@H]2c2nc(C)c3c(n2)N(C)C(=O)CC3)cc1F. The summed E-state index contributed by atoms with van der Waals surface area (Å²) in [7, 11) is -2.23. The van der Waals surface area contributed by atoms with Gasteiger partial charge in [0.15, 0.2) is 0 Å². The molecule has 3 heterocycles. The lowest BCUT2D eigenvalue weighted by Crippen LogP contribution is -2.35. The maximum Gasteiger partial charge on any atom is 0.243 e. The summed E-state index contributed by atoms with van der Waals surface area (Å²) in [6, 6.07) is 3.41. The van der Waals surface area contributed by atoms with Crippen molar-refractivity contribution >= 4 is 21.7 Å². The van der Waals surface area contributed by atoms with Crippen molar-refractivity contribution in [1.29, 1.82) is 0 Å². The Morgan fingerprint density at radius 2 is 1.93 bits per heavy atom. The summed E-state index contributed by atoms with van der Waals surface area (Å²) < 4.78 is 41.8. The molecule has 154 valence electrons. The molecule has 2 aliphatic rings. The minimum Gasteiger partial charge on any atom is -0.300 e. The Kier molecular flexibility index (Phi) is 4.90. The van der Waals surface area contributed by atoms with Crippen LogP contribution in [-0.2, 0) is 21.2 Å². The second-order valence-corrected chi connectivity index (χ2v) is 9.50. The average molecular weight is 418 g/mol. The number of halogens is 1. The molecule has 0 N–H and O–H groups in total. The number of amides is 1. The minimum atomic E-state index is -3.90. The summed E-state index contributed by atoms with van der Waals surface area (Å²) in [5.41, 5.74) is 2.07. The van der Waals surface area contributed by atoms with Gasteiger partial charge < -0.3 is 0 Å². The standard InChI is InChI=1S/C20H23FN4O3S/c1-12-6-7-14(11-16(12)21)29(27,28)25-10-4-5-17(25)19-22-13(2)15-8-9-18(26)24(3)20(15)23-19/h6-7,11,17H,4-5,8-10H2,1-3H3/t17-/m0/s1. The molecule has 1 fully saturated rings. The van der Waals surface area contributed by atoms with Gasteiger partial charge in [0.1, 0.15) is 17.5 Å². The highest BCUT2D eigenvalue weighted by Gasteiger charge is 2.39. The predicted octanol–water partition coefficient (Wildman–Crippen LogP) is 2.67. The van der Waals surface area contributed by atoms with Crippen molar-refractivity contribution in [3.63, 3.8) is 0 Å². The van der Waals surface area contributed by atoms with Gasteiger partial charge >= 0.3 is 0 Å². The van der Waals surface area contributed by atoms with Crippen LogP contribution in [0.1, 0.15) is 47.9 Å². The third-order valence-electron chi connectivity index (χ3n) is 5.74. The van der Waals surface area contributed by atoms with Crippen LogP contribution in [0.3, 0.4) is 0 Å². The van der Waals surface area contributed by atoms with E-state index in [1.807, 2.05) is 6.92 Å². The Hall–Kier alpha value is -2.39. The van der Waals surface area contributed by atoms with Crippen LogP contribution in [0.5, 0.6) is 0 Å². The lowest BCUT2D eigenvalue weighted by Gasteiger charge is -2.28. The highest BCUT2D eigenvalue weighted by Crippen LogP contribution is 2.37. The number of fused-ring (bicyclic) bond motifs is 1. The zero-order chi connectivity index (χ0) is 20.9. The Bertz CT molecular complexity index is 1100. The van der Waals surface area contributed by atoms with Crippen LogP contribution < -0.4 is 4.90 Å². The molecule has 9 heteroatoms. The van der Waals surface area contributed by atoms with E-state index in [0.29, 0.717) is 49.4 Å². The zero-order valence-electron chi connectivity index (χ0n) is 16.6. The fraction of sp³-hybridized carbons (Fsp3) is 0.450. The Morgan fingerprint density at radius 1 is 1.17 bits per heavy atom. The summed E-state index contributed by atoms with van der Waals surface area (Å²) in [5, 5.41) is 0. The normalized spacial score (nSPS) is 20.2. The molecule has 0 saturated carbocycles. The molecule has 7 nitrogen and oxygen atoms in total. The maximum absolute atomic E-state index is 14.0. The van der Waals surface area contributed by atoms with Crippen molar-refractivity contribution < 1.29 is 17.6 Å². The highest BCUT2D eigenvalue weighted by atomic mass is 32.2. The number of hydrogen-bond donors (Lipinski definition) is 0. The first-order valence-electron chi connectivity index (χ1n) is 9.62. The topological polar surface area (TPSA) is 83.5 Å². The number of nitrogens with zero attached hydrogens (tertiary/aromatic N) is 4. The number of sulfonamides is 1. The van der Waals surface area contributed by atoms with Crippen LogP contribution in [0.2, 0.25) is 0 Å². The molecule has 1 atom stereocenters. The predicted molar refractivity (Wildman–Crippen MR) is 106 cm³/mol. The van der Waals surface area contributed by atoms with Gasteiger partial charge in [0, 0.05) is 31.3 Å². The number of carbonyl (C=O) groups is 1. The van der Waals surface area contributed by atoms with Crippen LogP contribution in [0.25, 0.3) is 0 Å². The first kappa shape index (κ1) is 19.9. The fourth-order valence-electron chi connectivity index (χ4n) is 3.99. The first-order valence-corrected chi connectivity index (χ1v) is 11.1. The van der Waals surface area contributed by atoms with E-state index < -0.39 is 21.9 Å². The van der Waals surface area contributed by atoms with Crippen molar-refractivity contribution in [3.8, 4) is 0 Å². The van der Waals surface area contributed by atoms with Gasteiger partial charge in [-0.25, -0.2) is 22.8 Å². The molecule has 0 unspecified atom stereocenters. The smallest absolute Gasteiger partial charge is 0.243 e. The van der Waals surface area contributed by atoms with E-state index in [9.17, 15) is 17.6 Å². The van der Waals surface area contributed by atoms with Crippen molar-refractivity contribution in [3.05, 3.63) is 46.7 Å². The molecule has 2 aromatic rings. The van der Waals surface area contributed by atoms with E-state index in [1.165, 1.54) is 21.3 Å². The molecule has 29 heavy (non-hydrogen) atoms. The quantitative estimate of drug-likeness (QED) is 0.765. The van der Waals surface area contributed by atoms with Gasteiger partial charge in [0.05, 0.1) is 10.9 Å². The summed E-state index contributed by atoms with van der Waals surface area (Å²) in [6.07, 6.45) is 2.23. The third-order valence-corrected chi connectivity index (χ3v) is 7.65. The van der Waals surface area contributed by atoms with E-state index in [4.69, 9.17) is 0 Å². The Morgan fingerprint density at radius 3 is 2.66 bits per heavy atom. The largest absolute Gasteiger partial charge is 0.300 e. The van der Waals surface area contributed by atoms with Crippen LogP contribution in [0.15, 0.2) is 23.1 Å². The molecular formula is C20H23FN4O3S. The Labute approximate surface area is 169 Å². The summed E-state index contributed by atoms with van der Waals surface area (Å²) in [5.74, 6) is 0.362. The molecule has 0 radical (unpaired) electrons. The van der Waals surface area contributed by atoms with E-state index in [0.717, 1.165) is 17.3 Å². The molecule has 1 saturated heterocycles. The molecule has 4 rings (SSSR count). The summed E-state index contributed by atoms with van der Waals surface area (Å²) in [6.45, 7) is 3.76. The molecular weight excluding hydrogens is 395 g/mol. The second kappa shape index (κ2) is 7.14. The number of anilines is 1. The molecule has 1 aromatic carbocycles. The summed E-state index contributed by atoms with van der Waals surface area (Å²) >= 11 is 0. The van der Waals surface area contributed by atoms with Gasteiger partial charge in [-0.15, -0.1) is 0 Å². The number of hydrogen-bond acceptors (Lipinski definition) is 5. The average Bonchev–Trinajstić information content (AvgIpc) is 3.17. The number of carbonyl (C=O) groups excluding carboxylic acids is 1. The molecule has 0 aliphatic carbocycles. The lowest BCUT2D eigenvalue weighted by molar-refractivity contribution is -0.118. The van der Waals surface area contributed by atoms with Gasteiger partial charge in [-0.1, -0.05) is 6.07 Å². The lowest BCUT2D eigenvalue weighted by atomic mass is 10.0. The molecule has 0 bridgehead atoms. The van der Waals surface area contributed by atoms with Gasteiger partial charge in [0.2, 0.25) is 15.9 Å². The molecule has 0 spiro atoms. The monoisotopic (exact) mass is 418 g/mol. The van der Waals surface area contributed by atoms with E-state index in [1.54, 1.807) is 14.0 Å². The second-order valence-electron chi connectivity index (χ2n) is 7.61. The number of rotatable bonds is 3. The van der Waals surface area contributed by atoms with Crippen LogP contribution in [0.4, 0.5) is 10.2 Å². The zero-order valence-corrected chi connectivity index (χ0v) is 17.5. The maximum atomic E-state index is 14.0. The number of aryl methyl sites for hydroxylation is 2. The van der Waals surface area contributed by atoms with Crippen molar-refractivity contribution in [2.24, 2.45) is 0 Å². The van der Waals surface area contributed by atoms with E-state index >= 15 is 0 Å². The summed E-state index contributed by atoms with van der Waals surface area (Å²) in [4.78, 5) is 22.7. The fourth-order valence-corrected chi connectivity index (χ4v) is 5.66. The third kappa shape index (κ3) is 3.32. The molecule has 2 aliphatic heterocycles. The van der Waals surface area contributed by atoms with E-state index in [2.05, 4.69) is 9.97 Å². The van der Waals surface area contributed by atoms with Gasteiger partial charge in [-0.2, -0.15) is 4.31 Å². The van der Waals surface area contributed by atoms with Crippen LogP contribution in [0, 0.1) is 19.7 Å². The van der Waals surface area contributed by atoms with Gasteiger partial charge in [-0.3, -0.25) is 9.69 Å². The van der Waals surface area contributed by atoms with Crippen molar-refractivity contribution in [2.75, 3.05) is 18.5 Å². The van der Waals surface area contributed by atoms with Gasteiger partial charge in [-0.05, 0) is 50.8 Å². The van der Waals surface area contributed by atoms with E-state index in [-0.39, 0.29) is 10.8 Å². The number of aromatic nitrogens is 2. The molecule has 1 aromatic heterocycles. The Balaban J connectivity index is 1.75. The molecule has 1 amide bonds. The first-order chi connectivity index (χ1) is 13.7. The number of benzene rings is 1. The van der Waals surface area contributed by atoms with Crippen LogP contribution >= 0.6 is 0 Å². The van der Waals surface area contributed by atoms with Crippen molar-refractivity contribution in [1.82, 2.24) is 14.3 Å². The van der Waals surface area contributed by atoms with Crippen LogP contribution in [-0.4, -0.2) is 42.2 Å².